The van der Waals surface area contributed by atoms with Gasteiger partial charge in [0.25, 0.3) is 0 Å². The van der Waals surface area contributed by atoms with Gasteiger partial charge in [-0.15, -0.1) is 0 Å². The normalized spacial score (nSPS) is 18.5. The Labute approximate surface area is 199 Å². The number of hydrogen-bond donors (Lipinski definition) is 2. The second-order valence-corrected chi connectivity index (χ2v) is 10.4. The monoisotopic (exact) mass is 485 g/mol. The van der Waals surface area contributed by atoms with Crippen molar-refractivity contribution >= 4 is 38.7 Å². The van der Waals surface area contributed by atoms with Crippen molar-refractivity contribution in [3.05, 3.63) is 72.3 Å². The maximum Gasteiger partial charge on any atom is 0.229 e. The topological polar surface area (TPSA) is 88.5 Å². The summed E-state index contributed by atoms with van der Waals surface area (Å²) in [5, 5.41) is 3.98. The van der Waals surface area contributed by atoms with E-state index in [0.717, 1.165) is 23.2 Å². The van der Waals surface area contributed by atoms with E-state index in [-0.39, 0.29) is 12.1 Å². The highest BCUT2D eigenvalue weighted by Crippen LogP contribution is 2.43. The number of methoxy groups -OCH3 is 1. The zero-order chi connectivity index (χ0) is 23.8. The van der Waals surface area contributed by atoms with Crippen LogP contribution in [0.5, 0.6) is 5.75 Å². The molecular weight excluding hydrogens is 458 g/mol. The van der Waals surface area contributed by atoms with Crippen LogP contribution in [0.4, 0.5) is 11.4 Å². The molecule has 2 aromatic heterocycles. The Hall–Kier alpha value is -3.11. The van der Waals surface area contributed by atoms with Gasteiger partial charge in [0.1, 0.15) is 5.75 Å². The third-order valence-electron chi connectivity index (χ3n) is 5.53. The van der Waals surface area contributed by atoms with E-state index in [1.807, 2.05) is 29.2 Å². The number of hydrogen-bond acceptors (Lipinski definition) is 5. The average molecular weight is 486 g/mol. The van der Waals surface area contributed by atoms with Gasteiger partial charge in [0.2, 0.25) is 10.0 Å². The molecule has 0 aliphatic carbocycles. The molecule has 4 rings (SSSR count). The number of aromatic nitrogens is 2. The predicted molar refractivity (Wildman–Crippen MR) is 134 cm³/mol. The number of ether oxygens (including phenoxy) is 1. The van der Waals surface area contributed by atoms with Gasteiger partial charge < -0.3 is 19.5 Å². The van der Waals surface area contributed by atoms with E-state index < -0.39 is 10.0 Å². The molecule has 0 amide bonds. The lowest BCUT2D eigenvalue weighted by molar-refractivity contribution is 0.417. The van der Waals surface area contributed by atoms with E-state index in [0.29, 0.717) is 22.6 Å². The molecule has 1 aliphatic heterocycles. The van der Waals surface area contributed by atoms with Gasteiger partial charge in [0.05, 0.1) is 36.8 Å². The van der Waals surface area contributed by atoms with Crippen molar-refractivity contribution in [2.75, 3.05) is 23.0 Å². The molecular formula is C23H27N5O3S2. The van der Waals surface area contributed by atoms with Gasteiger partial charge in [0.15, 0.2) is 5.11 Å². The summed E-state index contributed by atoms with van der Waals surface area (Å²) in [5.74, 6) is 0.403. The van der Waals surface area contributed by atoms with Crippen molar-refractivity contribution in [1.29, 1.82) is 0 Å². The lowest BCUT2D eigenvalue weighted by Crippen LogP contribution is -2.29. The summed E-state index contributed by atoms with van der Waals surface area (Å²) >= 11 is 5.76. The molecule has 10 heteroatoms. The number of rotatable bonds is 7. The molecule has 174 valence electrons. The fraction of sp³-hybridized carbons (Fsp3) is 0.304. The molecule has 0 radical (unpaired) electrons. The van der Waals surface area contributed by atoms with Crippen LogP contribution in [0.25, 0.3) is 0 Å². The van der Waals surface area contributed by atoms with Crippen molar-refractivity contribution in [3.8, 4) is 5.75 Å². The molecule has 3 aromatic rings. The fourth-order valence-electron chi connectivity index (χ4n) is 4.01. The minimum atomic E-state index is -3.45. The van der Waals surface area contributed by atoms with Crippen molar-refractivity contribution in [2.24, 2.45) is 0 Å². The van der Waals surface area contributed by atoms with Crippen LogP contribution in [0.2, 0.25) is 0 Å². The number of nitrogens with zero attached hydrogens (tertiary/aromatic N) is 3. The molecule has 0 spiro atoms. The Bertz CT molecular complexity index is 1260. The van der Waals surface area contributed by atoms with Gasteiger partial charge in [-0.3, -0.25) is 9.71 Å². The van der Waals surface area contributed by atoms with Crippen molar-refractivity contribution in [2.45, 2.75) is 32.0 Å². The van der Waals surface area contributed by atoms with Gasteiger partial charge in [-0.05, 0) is 62.0 Å². The highest BCUT2D eigenvalue weighted by molar-refractivity contribution is 7.92. The van der Waals surface area contributed by atoms with E-state index in [2.05, 4.69) is 51.9 Å². The molecule has 8 nitrogen and oxygen atoms in total. The average Bonchev–Trinajstić information content (AvgIpc) is 3.38. The Morgan fingerprint density at radius 3 is 2.61 bits per heavy atom. The minimum Gasteiger partial charge on any atom is -0.494 e. The number of pyridine rings is 1. The van der Waals surface area contributed by atoms with Gasteiger partial charge in [0, 0.05) is 36.4 Å². The Kier molecular flexibility index (Phi) is 6.31. The first-order valence-electron chi connectivity index (χ1n) is 10.5. The molecule has 1 fully saturated rings. The summed E-state index contributed by atoms with van der Waals surface area (Å²) in [5.41, 5.74) is 3.12. The van der Waals surface area contributed by atoms with Crippen LogP contribution in [0.15, 0.2) is 61.1 Å². The largest absolute Gasteiger partial charge is 0.494 e. The van der Waals surface area contributed by atoms with Crippen molar-refractivity contribution < 1.29 is 13.2 Å². The molecule has 3 heterocycles. The SMILES string of the molecule is COc1cc(N2C(=S)N[C@H](c3ccccn3)[C@@H]2c2ccn(C(C)C)c2)ccc1NS(C)(=O)=O. The molecule has 1 aromatic carbocycles. The maximum atomic E-state index is 11.7. The second-order valence-electron chi connectivity index (χ2n) is 8.24. The molecule has 0 unspecified atom stereocenters. The summed E-state index contributed by atoms with van der Waals surface area (Å²) in [7, 11) is -1.95. The first-order valence-corrected chi connectivity index (χ1v) is 12.8. The molecule has 2 N–H and O–H groups in total. The number of benzene rings is 1. The standard InChI is InChI=1S/C23H27N5O3S2/c1-15(2)27-12-10-16(14-27)22-21(19-7-5-6-11-24-19)25-23(32)28(22)17-8-9-18(20(13-17)31-3)26-33(4,29)30/h5-15,21-22,26H,1-4H3,(H,25,32)/t21-,22+/m1/s1. The highest BCUT2D eigenvalue weighted by atomic mass is 32.2. The van der Waals surface area contributed by atoms with Crippen molar-refractivity contribution in [1.82, 2.24) is 14.9 Å². The number of sulfonamides is 1. The number of nitrogens with one attached hydrogen (secondary N) is 2. The molecule has 1 saturated heterocycles. The number of anilines is 2. The summed E-state index contributed by atoms with van der Waals surface area (Å²) in [6.45, 7) is 4.27. The van der Waals surface area contributed by atoms with Crippen LogP contribution >= 0.6 is 12.2 Å². The van der Waals surface area contributed by atoms with Crippen LogP contribution in [0.3, 0.4) is 0 Å². The van der Waals surface area contributed by atoms with E-state index in [4.69, 9.17) is 17.0 Å². The molecule has 0 bridgehead atoms. The maximum absolute atomic E-state index is 11.7. The zero-order valence-electron chi connectivity index (χ0n) is 18.9. The third kappa shape index (κ3) is 4.81. The van der Waals surface area contributed by atoms with E-state index in [1.54, 1.807) is 18.3 Å². The quantitative estimate of drug-likeness (QED) is 0.489. The van der Waals surface area contributed by atoms with Crippen LogP contribution < -0.4 is 19.7 Å². The molecule has 0 saturated carbocycles. The van der Waals surface area contributed by atoms with Gasteiger partial charge in [-0.1, -0.05) is 6.07 Å². The second kappa shape index (κ2) is 9.03. The Balaban J connectivity index is 1.80. The first kappa shape index (κ1) is 23.1. The van der Waals surface area contributed by atoms with Crippen molar-refractivity contribution in [3.63, 3.8) is 0 Å². The highest BCUT2D eigenvalue weighted by Gasteiger charge is 2.41. The van der Waals surface area contributed by atoms with E-state index >= 15 is 0 Å². The summed E-state index contributed by atoms with van der Waals surface area (Å²) < 4.78 is 33.6. The Morgan fingerprint density at radius 1 is 1.21 bits per heavy atom. The minimum absolute atomic E-state index is 0.161. The molecule has 2 atom stereocenters. The molecule has 1 aliphatic rings. The summed E-state index contributed by atoms with van der Waals surface area (Å²) in [6, 6.07) is 13.2. The van der Waals surface area contributed by atoms with Crippen LogP contribution in [-0.2, 0) is 10.0 Å². The molecule has 33 heavy (non-hydrogen) atoms. The van der Waals surface area contributed by atoms with Gasteiger partial charge in [-0.2, -0.15) is 0 Å². The van der Waals surface area contributed by atoms with Crippen LogP contribution in [0, 0.1) is 0 Å². The zero-order valence-corrected chi connectivity index (χ0v) is 20.5. The van der Waals surface area contributed by atoms with Crippen LogP contribution in [-0.4, -0.2) is 36.4 Å². The third-order valence-corrected chi connectivity index (χ3v) is 6.44. The predicted octanol–water partition coefficient (Wildman–Crippen LogP) is 4.02. The van der Waals surface area contributed by atoms with E-state index in [9.17, 15) is 8.42 Å². The summed E-state index contributed by atoms with van der Waals surface area (Å²) in [4.78, 5) is 6.60. The number of thiocarbonyl (C=S) groups is 1. The van der Waals surface area contributed by atoms with Crippen LogP contribution in [0.1, 0.15) is 43.2 Å². The van der Waals surface area contributed by atoms with Gasteiger partial charge >= 0.3 is 0 Å². The lowest BCUT2D eigenvalue weighted by atomic mass is 9.98. The fourth-order valence-corrected chi connectivity index (χ4v) is 4.93. The Morgan fingerprint density at radius 2 is 2.00 bits per heavy atom. The first-order chi connectivity index (χ1) is 15.7. The lowest BCUT2D eigenvalue weighted by Gasteiger charge is -2.28. The van der Waals surface area contributed by atoms with Gasteiger partial charge in [-0.25, -0.2) is 8.42 Å². The smallest absolute Gasteiger partial charge is 0.229 e. The van der Waals surface area contributed by atoms with E-state index in [1.165, 1.54) is 7.11 Å². The summed E-state index contributed by atoms with van der Waals surface area (Å²) in [6.07, 6.45) is 7.07.